The summed E-state index contributed by atoms with van der Waals surface area (Å²) < 4.78 is 5.18. The van der Waals surface area contributed by atoms with Gasteiger partial charge in [-0.25, -0.2) is 0 Å². The summed E-state index contributed by atoms with van der Waals surface area (Å²) in [7, 11) is 0. The zero-order valence-corrected chi connectivity index (χ0v) is 6.47. The number of terminal acetylenes is 1. The summed E-state index contributed by atoms with van der Waals surface area (Å²) in [4.78, 5) is 0. The van der Waals surface area contributed by atoms with Gasteiger partial charge in [-0.3, -0.25) is 0 Å². The Labute approximate surface area is 62.8 Å². The monoisotopic (exact) mass is 138 g/mol. The first kappa shape index (κ1) is 7.63. The van der Waals surface area contributed by atoms with Gasteiger partial charge in [0.1, 0.15) is 6.10 Å². The van der Waals surface area contributed by atoms with E-state index in [0.29, 0.717) is 6.10 Å². The van der Waals surface area contributed by atoms with E-state index in [9.17, 15) is 0 Å². The summed E-state index contributed by atoms with van der Waals surface area (Å²) in [5, 5.41) is 0. The Hall–Kier alpha value is -0.480. The molecule has 0 bridgehead atoms. The fraction of sp³-hybridized carbons (Fsp3) is 0.778. The van der Waals surface area contributed by atoms with Gasteiger partial charge in [-0.05, 0) is 6.42 Å². The molecule has 0 unspecified atom stereocenters. The minimum atomic E-state index is 0.150. The molecular formula is C9H14O. The van der Waals surface area contributed by atoms with Crippen molar-refractivity contribution in [2.24, 2.45) is 0 Å². The van der Waals surface area contributed by atoms with E-state index >= 15 is 0 Å². The molecule has 1 aliphatic rings. The van der Waals surface area contributed by atoms with Gasteiger partial charge in [-0.1, -0.05) is 32.1 Å². The molecule has 10 heavy (non-hydrogen) atoms. The Morgan fingerprint density at radius 2 is 2.30 bits per heavy atom. The Morgan fingerprint density at radius 3 is 2.80 bits per heavy atom. The van der Waals surface area contributed by atoms with Gasteiger partial charge in [0.2, 0.25) is 0 Å². The zero-order chi connectivity index (χ0) is 7.40. The fourth-order valence-electron chi connectivity index (χ4n) is 1.10. The third-order valence-electron chi connectivity index (χ3n) is 1.84. The van der Waals surface area contributed by atoms with E-state index in [0.717, 1.165) is 6.42 Å². The van der Waals surface area contributed by atoms with E-state index in [2.05, 4.69) is 12.8 Å². The standard InChI is InChI=1S/C9H14O/c1-3-5-6-7-9-8(4-2)10-9/h2,8-9H,3,5-7H2,1H3/t8-,9+/m0/s1. The van der Waals surface area contributed by atoms with E-state index in [1.54, 1.807) is 0 Å². The average molecular weight is 138 g/mol. The lowest BCUT2D eigenvalue weighted by Crippen LogP contribution is -1.89. The molecule has 0 amide bonds. The number of epoxide rings is 1. The van der Waals surface area contributed by atoms with E-state index < -0.39 is 0 Å². The topological polar surface area (TPSA) is 12.5 Å². The smallest absolute Gasteiger partial charge is 0.144 e. The zero-order valence-electron chi connectivity index (χ0n) is 6.47. The molecule has 0 aromatic rings. The highest BCUT2D eigenvalue weighted by molar-refractivity contribution is 5.07. The van der Waals surface area contributed by atoms with Gasteiger partial charge >= 0.3 is 0 Å². The predicted octanol–water partition coefficient (Wildman–Crippen LogP) is 1.97. The molecule has 56 valence electrons. The Kier molecular flexibility index (Phi) is 2.77. The Balaban J connectivity index is 1.93. The van der Waals surface area contributed by atoms with Crippen molar-refractivity contribution in [2.45, 2.75) is 44.8 Å². The lowest BCUT2D eigenvalue weighted by atomic mass is 10.1. The largest absolute Gasteiger partial charge is 0.356 e. The van der Waals surface area contributed by atoms with Crippen LogP contribution >= 0.6 is 0 Å². The number of hydrogen-bond donors (Lipinski definition) is 0. The van der Waals surface area contributed by atoms with E-state index in [-0.39, 0.29) is 6.10 Å². The van der Waals surface area contributed by atoms with Crippen molar-refractivity contribution in [3.8, 4) is 12.3 Å². The van der Waals surface area contributed by atoms with Crippen LogP contribution < -0.4 is 0 Å². The molecule has 1 rings (SSSR count). The highest BCUT2D eigenvalue weighted by Gasteiger charge is 2.35. The number of unbranched alkanes of at least 4 members (excludes halogenated alkanes) is 2. The van der Waals surface area contributed by atoms with Gasteiger partial charge in [0, 0.05) is 0 Å². The summed E-state index contributed by atoms with van der Waals surface area (Å²) in [6.07, 6.45) is 10.7. The molecule has 1 heterocycles. The van der Waals surface area contributed by atoms with Crippen LogP contribution in [0.3, 0.4) is 0 Å². The lowest BCUT2D eigenvalue weighted by Gasteiger charge is -1.91. The van der Waals surface area contributed by atoms with Crippen LogP contribution in [-0.4, -0.2) is 12.2 Å². The van der Waals surface area contributed by atoms with Crippen molar-refractivity contribution in [3.05, 3.63) is 0 Å². The predicted molar refractivity (Wildman–Crippen MR) is 41.6 cm³/mol. The van der Waals surface area contributed by atoms with Crippen LogP contribution in [-0.2, 0) is 4.74 Å². The first-order valence-corrected chi connectivity index (χ1v) is 4.00. The number of ether oxygens (including phenoxy) is 1. The molecule has 0 saturated carbocycles. The molecule has 1 saturated heterocycles. The van der Waals surface area contributed by atoms with Crippen LogP contribution in [0.15, 0.2) is 0 Å². The molecular weight excluding hydrogens is 124 g/mol. The van der Waals surface area contributed by atoms with Gasteiger partial charge in [0.15, 0.2) is 0 Å². The molecule has 1 fully saturated rings. The first-order valence-electron chi connectivity index (χ1n) is 4.00. The molecule has 1 heteroatoms. The second-order valence-corrected chi connectivity index (χ2v) is 2.76. The quantitative estimate of drug-likeness (QED) is 0.329. The van der Waals surface area contributed by atoms with Gasteiger partial charge in [-0.2, -0.15) is 0 Å². The summed E-state index contributed by atoms with van der Waals surface area (Å²) in [5.74, 6) is 2.59. The number of rotatable bonds is 4. The summed E-state index contributed by atoms with van der Waals surface area (Å²) in [6.45, 7) is 2.20. The van der Waals surface area contributed by atoms with E-state index in [1.807, 2.05) is 0 Å². The summed E-state index contributed by atoms with van der Waals surface area (Å²) in [5.41, 5.74) is 0. The van der Waals surface area contributed by atoms with Gasteiger partial charge in [-0.15, -0.1) is 6.42 Å². The SMILES string of the molecule is C#C[C@@H]1O[C@@H]1CCCCC. The molecule has 2 atom stereocenters. The minimum absolute atomic E-state index is 0.150. The molecule has 0 radical (unpaired) electrons. The highest BCUT2D eigenvalue weighted by Crippen LogP contribution is 2.26. The van der Waals surface area contributed by atoms with Gasteiger partial charge in [0.05, 0.1) is 6.10 Å². The van der Waals surface area contributed by atoms with Crippen molar-refractivity contribution in [1.29, 1.82) is 0 Å². The van der Waals surface area contributed by atoms with Crippen LogP contribution in [0.4, 0.5) is 0 Å². The second kappa shape index (κ2) is 3.63. The van der Waals surface area contributed by atoms with Crippen LogP contribution in [0, 0.1) is 12.3 Å². The number of hydrogen-bond acceptors (Lipinski definition) is 1. The van der Waals surface area contributed by atoms with Crippen LogP contribution in [0.5, 0.6) is 0 Å². The maximum absolute atomic E-state index is 5.18. The third kappa shape index (κ3) is 2.04. The average Bonchev–Trinajstić information content (AvgIpc) is 2.68. The second-order valence-electron chi connectivity index (χ2n) is 2.76. The van der Waals surface area contributed by atoms with Crippen LogP contribution in [0.2, 0.25) is 0 Å². The Morgan fingerprint density at radius 1 is 1.50 bits per heavy atom. The molecule has 0 aliphatic carbocycles. The molecule has 0 aromatic heterocycles. The molecule has 1 nitrogen and oxygen atoms in total. The van der Waals surface area contributed by atoms with Crippen molar-refractivity contribution < 1.29 is 4.74 Å². The molecule has 0 aromatic carbocycles. The fourth-order valence-corrected chi connectivity index (χ4v) is 1.10. The first-order chi connectivity index (χ1) is 4.88. The third-order valence-corrected chi connectivity index (χ3v) is 1.84. The normalized spacial score (nSPS) is 29.6. The van der Waals surface area contributed by atoms with Gasteiger partial charge in [0.25, 0.3) is 0 Å². The molecule has 0 N–H and O–H groups in total. The Bertz CT molecular complexity index is 134. The minimum Gasteiger partial charge on any atom is -0.356 e. The van der Waals surface area contributed by atoms with Gasteiger partial charge < -0.3 is 4.74 Å². The highest BCUT2D eigenvalue weighted by atomic mass is 16.6. The molecule has 0 spiro atoms. The lowest BCUT2D eigenvalue weighted by molar-refractivity contribution is 0.376. The maximum atomic E-state index is 5.18. The van der Waals surface area contributed by atoms with Crippen molar-refractivity contribution in [2.75, 3.05) is 0 Å². The van der Waals surface area contributed by atoms with Crippen LogP contribution in [0.1, 0.15) is 32.6 Å². The molecule has 1 aliphatic heterocycles. The summed E-state index contributed by atoms with van der Waals surface area (Å²) in [6, 6.07) is 0. The van der Waals surface area contributed by atoms with Crippen molar-refractivity contribution in [1.82, 2.24) is 0 Å². The maximum Gasteiger partial charge on any atom is 0.144 e. The van der Waals surface area contributed by atoms with E-state index in [1.165, 1.54) is 19.3 Å². The van der Waals surface area contributed by atoms with Crippen LogP contribution in [0.25, 0.3) is 0 Å². The van der Waals surface area contributed by atoms with Crippen molar-refractivity contribution >= 4 is 0 Å². The van der Waals surface area contributed by atoms with Crippen molar-refractivity contribution in [3.63, 3.8) is 0 Å². The summed E-state index contributed by atoms with van der Waals surface area (Å²) >= 11 is 0. The van der Waals surface area contributed by atoms with E-state index in [4.69, 9.17) is 11.2 Å².